The van der Waals surface area contributed by atoms with Crippen molar-refractivity contribution in [3.63, 3.8) is 0 Å². The molecule has 1 aromatic carbocycles. The molecule has 0 bridgehead atoms. The molecule has 0 unspecified atom stereocenters. The van der Waals surface area contributed by atoms with Crippen LogP contribution in [0.15, 0.2) is 41.0 Å². The number of nitrogens with zero attached hydrogens (tertiary/aromatic N) is 2. The van der Waals surface area contributed by atoms with Crippen molar-refractivity contribution in [2.45, 2.75) is 13.5 Å². The van der Waals surface area contributed by atoms with E-state index in [1.807, 2.05) is 33.3 Å². The topological polar surface area (TPSA) is 28.2 Å². The third kappa shape index (κ3) is 3.70. The zero-order valence-corrected chi connectivity index (χ0v) is 13.0. The number of nitrogens with one attached hydrogen (secondary N) is 1. The highest BCUT2D eigenvalue weighted by Gasteiger charge is 2.05. The Morgan fingerprint density at radius 2 is 2.00 bits per heavy atom. The molecule has 2 rings (SSSR count). The van der Waals surface area contributed by atoms with E-state index in [0.717, 1.165) is 28.1 Å². The molecule has 2 aromatic rings. The van der Waals surface area contributed by atoms with Gasteiger partial charge in [-0.05, 0) is 36.8 Å². The molecule has 0 amide bonds. The maximum Gasteiger partial charge on any atom is 0.0597 e. The van der Waals surface area contributed by atoms with Gasteiger partial charge in [0.05, 0.1) is 23.6 Å². The van der Waals surface area contributed by atoms with Gasteiger partial charge in [0, 0.05) is 24.8 Å². The third-order valence-corrected chi connectivity index (χ3v) is 3.37. The fourth-order valence-corrected chi connectivity index (χ4v) is 2.19. The lowest BCUT2D eigenvalue weighted by Crippen LogP contribution is -2.12. The van der Waals surface area contributed by atoms with E-state index in [4.69, 9.17) is 0 Å². The average molecular weight is 320 g/mol. The molecular weight excluding hydrogens is 302 g/mol. The number of benzene rings is 1. The summed E-state index contributed by atoms with van der Waals surface area (Å²) in [5.41, 5.74) is 4.48. The Bertz CT molecular complexity index is 550. The summed E-state index contributed by atoms with van der Waals surface area (Å²) in [5.74, 6) is 0. The van der Waals surface area contributed by atoms with Crippen LogP contribution < -0.4 is 10.2 Å². The smallest absolute Gasteiger partial charge is 0.0597 e. The van der Waals surface area contributed by atoms with E-state index in [-0.39, 0.29) is 0 Å². The largest absolute Gasteiger partial charge is 0.378 e. The molecule has 100 valence electrons. The maximum absolute atomic E-state index is 4.40. The second-order valence-electron chi connectivity index (χ2n) is 4.74. The molecule has 19 heavy (non-hydrogen) atoms. The Morgan fingerprint density at radius 1 is 1.21 bits per heavy atom. The van der Waals surface area contributed by atoms with Gasteiger partial charge in [-0.15, -0.1) is 0 Å². The Hall–Kier alpha value is -1.55. The van der Waals surface area contributed by atoms with Crippen molar-refractivity contribution in [2.75, 3.05) is 24.3 Å². The minimum Gasteiger partial charge on any atom is -0.378 e. The minimum absolute atomic E-state index is 0.720. The molecule has 0 spiro atoms. The second-order valence-corrected chi connectivity index (χ2v) is 5.65. The number of hydrogen-bond donors (Lipinski definition) is 1. The standard InChI is InChI=1S/C15H18BrN3/c1-11-4-6-13(17-9-11)10-18-14-8-12(16)5-7-15(14)19(2)3/h4-9,18H,10H2,1-3H3. The van der Waals surface area contributed by atoms with E-state index >= 15 is 0 Å². The van der Waals surface area contributed by atoms with Gasteiger partial charge < -0.3 is 10.2 Å². The van der Waals surface area contributed by atoms with Crippen LogP contribution in [0, 0.1) is 6.92 Å². The Kier molecular flexibility index (Phi) is 4.43. The summed E-state index contributed by atoms with van der Waals surface area (Å²) in [7, 11) is 4.08. The Balaban J connectivity index is 2.14. The molecule has 1 N–H and O–H groups in total. The van der Waals surface area contributed by atoms with Gasteiger partial charge in [0.15, 0.2) is 0 Å². The number of pyridine rings is 1. The lowest BCUT2D eigenvalue weighted by Gasteiger charge is -2.18. The summed E-state index contributed by atoms with van der Waals surface area (Å²) in [6, 6.07) is 10.4. The molecule has 3 nitrogen and oxygen atoms in total. The molecule has 0 fully saturated rings. The van der Waals surface area contributed by atoms with E-state index in [1.165, 1.54) is 5.56 Å². The van der Waals surface area contributed by atoms with E-state index < -0.39 is 0 Å². The molecule has 0 radical (unpaired) electrons. The van der Waals surface area contributed by atoms with Crippen molar-refractivity contribution in [1.29, 1.82) is 0 Å². The average Bonchev–Trinajstić information content (AvgIpc) is 2.38. The van der Waals surface area contributed by atoms with Crippen molar-refractivity contribution in [3.8, 4) is 0 Å². The quantitative estimate of drug-likeness (QED) is 0.928. The zero-order valence-electron chi connectivity index (χ0n) is 11.4. The molecule has 1 heterocycles. The zero-order chi connectivity index (χ0) is 13.8. The van der Waals surface area contributed by atoms with E-state index in [1.54, 1.807) is 0 Å². The Morgan fingerprint density at radius 3 is 2.63 bits per heavy atom. The number of aromatic nitrogens is 1. The van der Waals surface area contributed by atoms with Gasteiger partial charge in [-0.1, -0.05) is 22.0 Å². The van der Waals surface area contributed by atoms with Crippen LogP contribution in [0.1, 0.15) is 11.3 Å². The first kappa shape index (κ1) is 13.9. The SMILES string of the molecule is Cc1ccc(CNc2cc(Br)ccc2N(C)C)nc1. The van der Waals surface area contributed by atoms with E-state index in [9.17, 15) is 0 Å². The minimum atomic E-state index is 0.720. The Labute approximate surface area is 122 Å². The summed E-state index contributed by atoms with van der Waals surface area (Å²) in [4.78, 5) is 6.50. The highest BCUT2D eigenvalue weighted by atomic mass is 79.9. The van der Waals surface area contributed by atoms with Gasteiger partial charge in [0.2, 0.25) is 0 Å². The summed E-state index contributed by atoms with van der Waals surface area (Å²) in [6.45, 7) is 2.76. The maximum atomic E-state index is 4.40. The molecule has 1 aromatic heterocycles. The summed E-state index contributed by atoms with van der Waals surface area (Å²) >= 11 is 3.51. The van der Waals surface area contributed by atoms with Crippen LogP contribution in [-0.2, 0) is 6.54 Å². The second kappa shape index (κ2) is 6.06. The van der Waals surface area contributed by atoms with Crippen LogP contribution in [0.4, 0.5) is 11.4 Å². The molecule has 0 aliphatic rings. The number of hydrogen-bond acceptors (Lipinski definition) is 3. The van der Waals surface area contributed by atoms with Crippen molar-refractivity contribution < 1.29 is 0 Å². The first-order valence-corrected chi connectivity index (χ1v) is 6.98. The number of halogens is 1. The van der Waals surface area contributed by atoms with E-state index in [0.29, 0.717) is 0 Å². The molecule has 0 saturated heterocycles. The molecule has 4 heteroatoms. The normalized spacial score (nSPS) is 10.3. The van der Waals surface area contributed by atoms with Crippen molar-refractivity contribution in [1.82, 2.24) is 4.98 Å². The summed E-state index contributed by atoms with van der Waals surface area (Å²) in [5, 5.41) is 3.44. The van der Waals surface area contributed by atoms with Gasteiger partial charge in [-0.25, -0.2) is 0 Å². The van der Waals surface area contributed by atoms with Gasteiger partial charge in [-0.3, -0.25) is 4.98 Å². The van der Waals surface area contributed by atoms with Gasteiger partial charge in [0.1, 0.15) is 0 Å². The summed E-state index contributed by atoms with van der Waals surface area (Å²) in [6.07, 6.45) is 1.89. The van der Waals surface area contributed by atoms with Crippen molar-refractivity contribution in [2.24, 2.45) is 0 Å². The molecule has 0 atom stereocenters. The monoisotopic (exact) mass is 319 g/mol. The van der Waals surface area contributed by atoms with E-state index in [2.05, 4.69) is 55.4 Å². The van der Waals surface area contributed by atoms with Crippen LogP contribution in [0.5, 0.6) is 0 Å². The van der Waals surface area contributed by atoms with Gasteiger partial charge in [-0.2, -0.15) is 0 Å². The number of anilines is 2. The predicted octanol–water partition coefficient (Wildman–Crippen LogP) is 3.83. The van der Waals surface area contributed by atoms with Crippen molar-refractivity contribution in [3.05, 3.63) is 52.3 Å². The van der Waals surface area contributed by atoms with Crippen LogP contribution >= 0.6 is 15.9 Å². The first-order chi connectivity index (χ1) is 9.06. The van der Waals surface area contributed by atoms with Crippen LogP contribution in [0.25, 0.3) is 0 Å². The molecule has 0 aliphatic carbocycles. The van der Waals surface area contributed by atoms with Crippen LogP contribution in [0.2, 0.25) is 0 Å². The van der Waals surface area contributed by atoms with Gasteiger partial charge in [0.25, 0.3) is 0 Å². The third-order valence-electron chi connectivity index (χ3n) is 2.87. The summed E-state index contributed by atoms with van der Waals surface area (Å²) < 4.78 is 1.07. The van der Waals surface area contributed by atoms with Crippen LogP contribution in [0.3, 0.4) is 0 Å². The van der Waals surface area contributed by atoms with Crippen molar-refractivity contribution >= 4 is 27.3 Å². The first-order valence-electron chi connectivity index (χ1n) is 6.18. The highest BCUT2D eigenvalue weighted by Crippen LogP contribution is 2.28. The molecule has 0 saturated carbocycles. The fraction of sp³-hybridized carbons (Fsp3) is 0.267. The molecule has 0 aliphatic heterocycles. The van der Waals surface area contributed by atoms with Crippen LogP contribution in [-0.4, -0.2) is 19.1 Å². The lowest BCUT2D eigenvalue weighted by atomic mass is 10.2. The fourth-order valence-electron chi connectivity index (χ4n) is 1.83. The lowest BCUT2D eigenvalue weighted by molar-refractivity contribution is 1.03. The number of rotatable bonds is 4. The number of aryl methyl sites for hydroxylation is 1. The van der Waals surface area contributed by atoms with Gasteiger partial charge >= 0.3 is 0 Å². The highest BCUT2D eigenvalue weighted by molar-refractivity contribution is 9.10. The molecular formula is C15H18BrN3. The predicted molar refractivity (Wildman–Crippen MR) is 84.8 cm³/mol.